The maximum Gasteiger partial charge on any atom is 0.377 e. The predicted molar refractivity (Wildman–Crippen MR) is 136 cm³/mol. The van der Waals surface area contributed by atoms with Gasteiger partial charge in [-0.1, -0.05) is 42.5 Å². The average Bonchev–Trinajstić information content (AvgIpc) is 3.33. The highest BCUT2D eigenvalue weighted by molar-refractivity contribution is 7.89. The van der Waals surface area contributed by atoms with Gasteiger partial charge in [-0.3, -0.25) is 4.68 Å². The number of aryl methyl sites for hydroxylation is 2. The van der Waals surface area contributed by atoms with Crippen molar-refractivity contribution >= 4 is 16.0 Å². The van der Waals surface area contributed by atoms with E-state index in [9.17, 15) is 27.1 Å². The van der Waals surface area contributed by atoms with E-state index in [1.54, 1.807) is 31.2 Å². The van der Waals surface area contributed by atoms with Gasteiger partial charge in [0.2, 0.25) is 10.0 Å². The molecule has 10 nitrogen and oxygen atoms in total. The topological polar surface area (TPSA) is 124 Å². The largest absolute Gasteiger partial charge is 0.488 e. The number of alkyl halides is 2. The second-order valence-electron chi connectivity index (χ2n) is 9.26. The number of carboxylic acids is 1. The number of aliphatic carboxylic acids is 1. The van der Waals surface area contributed by atoms with Gasteiger partial charge in [0.15, 0.2) is 6.10 Å². The van der Waals surface area contributed by atoms with Crippen LogP contribution >= 0.6 is 0 Å². The Morgan fingerprint density at radius 2 is 2.00 bits per heavy atom. The number of hydrogen-bond donors (Lipinski definition) is 1. The molecule has 0 saturated heterocycles. The van der Waals surface area contributed by atoms with Crippen molar-refractivity contribution in [3.8, 4) is 5.75 Å². The van der Waals surface area contributed by atoms with Gasteiger partial charge in [0.05, 0.1) is 19.3 Å². The zero-order chi connectivity index (χ0) is 28.4. The first-order valence-corrected chi connectivity index (χ1v) is 13.9. The fourth-order valence-electron chi connectivity index (χ4n) is 4.27. The molecule has 0 spiro atoms. The Hall–Kier alpha value is -3.42. The van der Waals surface area contributed by atoms with Crippen LogP contribution in [0.1, 0.15) is 48.8 Å². The molecular weight excluding hydrogens is 534 g/mol. The molecule has 0 amide bonds. The fraction of sp³-hybridized carbons (Fsp3) is 0.423. The smallest absolute Gasteiger partial charge is 0.377 e. The quantitative estimate of drug-likeness (QED) is 0.393. The van der Waals surface area contributed by atoms with E-state index in [0.717, 1.165) is 0 Å². The van der Waals surface area contributed by atoms with Crippen molar-refractivity contribution in [2.45, 2.75) is 69.9 Å². The normalized spacial score (nSPS) is 18.1. The lowest BCUT2D eigenvalue weighted by Crippen LogP contribution is -2.38. The van der Waals surface area contributed by atoms with Gasteiger partial charge in [0.25, 0.3) is 0 Å². The molecule has 0 fully saturated rings. The molecule has 210 valence electrons. The highest BCUT2D eigenvalue weighted by atomic mass is 32.2. The number of aromatic nitrogens is 3. The lowest BCUT2D eigenvalue weighted by molar-refractivity contribution is -0.192. The van der Waals surface area contributed by atoms with E-state index in [1.807, 2.05) is 13.8 Å². The fourth-order valence-corrected chi connectivity index (χ4v) is 5.84. The molecule has 0 saturated carbocycles. The first-order valence-electron chi connectivity index (χ1n) is 12.4. The number of fused-ring (bicyclic) bond motifs is 1. The van der Waals surface area contributed by atoms with Crippen LogP contribution < -0.4 is 4.74 Å². The average molecular weight is 565 g/mol. The Morgan fingerprint density at radius 3 is 2.67 bits per heavy atom. The molecule has 4 rings (SSSR count). The third kappa shape index (κ3) is 5.94. The molecule has 3 aromatic rings. The molecule has 1 N–H and O–H groups in total. The van der Waals surface area contributed by atoms with Gasteiger partial charge < -0.3 is 14.6 Å². The van der Waals surface area contributed by atoms with Crippen molar-refractivity contribution < 1.29 is 36.6 Å². The van der Waals surface area contributed by atoms with Gasteiger partial charge in [0, 0.05) is 13.1 Å². The van der Waals surface area contributed by atoms with E-state index in [2.05, 4.69) is 10.3 Å². The lowest BCUT2D eigenvalue weighted by atomic mass is 9.98. The predicted octanol–water partition coefficient (Wildman–Crippen LogP) is 3.95. The van der Waals surface area contributed by atoms with E-state index < -0.39 is 40.7 Å². The number of rotatable bonds is 10. The van der Waals surface area contributed by atoms with Crippen molar-refractivity contribution in [3.05, 3.63) is 71.0 Å². The van der Waals surface area contributed by atoms with Crippen molar-refractivity contribution in [1.82, 2.24) is 19.3 Å². The zero-order valence-electron chi connectivity index (χ0n) is 21.8. The van der Waals surface area contributed by atoms with E-state index in [-0.39, 0.29) is 35.0 Å². The van der Waals surface area contributed by atoms with Crippen LogP contribution in [0, 0.1) is 6.92 Å². The minimum Gasteiger partial charge on any atom is -0.488 e. The summed E-state index contributed by atoms with van der Waals surface area (Å²) in [4.78, 5) is 11.5. The molecule has 0 bridgehead atoms. The Balaban J connectivity index is 1.68. The van der Waals surface area contributed by atoms with E-state index >= 15 is 0 Å². The van der Waals surface area contributed by atoms with Gasteiger partial charge in [-0.2, -0.15) is 13.1 Å². The summed E-state index contributed by atoms with van der Waals surface area (Å²) in [5.74, 6) is -6.37. The molecule has 2 atom stereocenters. The van der Waals surface area contributed by atoms with Gasteiger partial charge in [-0.25, -0.2) is 13.2 Å². The van der Waals surface area contributed by atoms with Crippen LogP contribution in [0.4, 0.5) is 8.78 Å². The van der Waals surface area contributed by atoms with Crippen molar-refractivity contribution in [1.29, 1.82) is 0 Å². The molecule has 1 unspecified atom stereocenters. The van der Waals surface area contributed by atoms with Gasteiger partial charge in [-0.15, -0.1) is 5.10 Å². The maximum atomic E-state index is 14.9. The van der Waals surface area contributed by atoms with E-state index in [4.69, 9.17) is 9.47 Å². The summed E-state index contributed by atoms with van der Waals surface area (Å²) in [7, 11) is -3.98. The van der Waals surface area contributed by atoms with Gasteiger partial charge in [-0.05, 0) is 49.1 Å². The summed E-state index contributed by atoms with van der Waals surface area (Å²) in [6, 6.07) is 10.6. The Kier molecular flexibility index (Phi) is 8.33. The molecule has 2 aromatic carbocycles. The number of ether oxygens (including phenoxy) is 2. The highest BCUT2D eigenvalue weighted by Gasteiger charge is 2.49. The number of para-hydroxylation sites is 1. The molecule has 1 aliphatic heterocycles. The van der Waals surface area contributed by atoms with Gasteiger partial charge in [0.1, 0.15) is 22.4 Å². The minimum absolute atomic E-state index is 0.0218. The van der Waals surface area contributed by atoms with Crippen LogP contribution in [-0.2, 0) is 39.3 Å². The van der Waals surface area contributed by atoms with Crippen LogP contribution in [0.15, 0.2) is 53.6 Å². The Bertz CT molecular complexity index is 1450. The van der Waals surface area contributed by atoms with Crippen LogP contribution in [0.25, 0.3) is 0 Å². The number of benzene rings is 2. The molecule has 0 radical (unpaired) electrons. The van der Waals surface area contributed by atoms with Gasteiger partial charge >= 0.3 is 11.9 Å². The number of hydrogen-bond acceptors (Lipinski definition) is 7. The molecule has 0 aliphatic carbocycles. The molecule has 2 heterocycles. The summed E-state index contributed by atoms with van der Waals surface area (Å²) < 4.78 is 71.1. The van der Waals surface area contributed by atoms with E-state index in [1.165, 1.54) is 33.4 Å². The summed E-state index contributed by atoms with van der Waals surface area (Å²) in [6.07, 6.45) is -0.515. The number of carbonyl (C=O) groups is 1. The lowest BCUT2D eigenvalue weighted by Gasteiger charge is -2.26. The second-order valence-corrected chi connectivity index (χ2v) is 11.2. The standard InChI is InChI=1S/C26H30F2N4O6S/c1-4-21-15-32(39(35,36)23-9-7-6-8-22(23)38-21)13-19-12-18(11-10-17(19)3)24(26(27,28)25(33)34)37-16-20-14-31(5-2)30-29-20/h6-12,14,21,24H,4-5,13,15-16H2,1-3H3,(H,33,34)/t21-,24?/m1/s1. The van der Waals surface area contributed by atoms with Crippen LogP contribution in [0.2, 0.25) is 0 Å². The summed E-state index contributed by atoms with van der Waals surface area (Å²) in [5, 5.41) is 17.0. The van der Waals surface area contributed by atoms with E-state index in [0.29, 0.717) is 24.1 Å². The monoisotopic (exact) mass is 564 g/mol. The summed E-state index contributed by atoms with van der Waals surface area (Å²) in [5.41, 5.74) is 1.22. The maximum absolute atomic E-state index is 14.9. The minimum atomic E-state index is -4.28. The number of nitrogens with zero attached hydrogens (tertiary/aromatic N) is 4. The molecule has 1 aromatic heterocycles. The van der Waals surface area contributed by atoms with Crippen molar-refractivity contribution in [2.75, 3.05) is 6.54 Å². The zero-order valence-corrected chi connectivity index (χ0v) is 22.6. The Labute approximate surface area is 225 Å². The van der Waals surface area contributed by atoms with Crippen LogP contribution in [0.5, 0.6) is 5.75 Å². The number of halogens is 2. The molecule has 1 aliphatic rings. The third-order valence-corrected chi connectivity index (χ3v) is 8.42. The third-order valence-electron chi connectivity index (χ3n) is 6.57. The molecule has 39 heavy (non-hydrogen) atoms. The second kappa shape index (κ2) is 11.4. The van der Waals surface area contributed by atoms with Crippen molar-refractivity contribution in [2.24, 2.45) is 0 Å². The van der Waals surface area contributed by atoms with Crippen molar-refractivity contribution in [3.63, 3.8) is 0 Å². The number of carboxylic acid groups (broad SMARTS) is 1. The van der Waals surface area contributed by atoms with Crippen LogP contribution in [0.3, 0.4) is 0 Å². The Morgan fingerprint density at radius 1 is 1.26 bits per heavy atom. The first-order chi connectivity index (χ1) is 18.5. The van der Waals surface area contributed by atoms with Crippen LogP contribution in [-0.4, -0.2) is 57.4 Å². The summed E-state index contributed by atoms with van der Waals surface area (Å²) >= 11 is 0. The molecule has 13 heteroatoms. The molecular formula is C26H30F2N4O6S. The first kappa shape index (κ1) is 28.6. The SMILES string of the molecule is CC[C@@H]1CN(Cc2cc(C(OCc3cn(CC)nn3)C(F)(F)C(=O)O)ccc2C)S(=O)(=O)c2ccccc2O1. The summed E-state index contributed by atoms with van der Waals surface area (Å²) in [6.45, 7) is 5.46. The number of sulfonamides is 1. The highest BCUT2D eigenvalue weighted by Crippen LogP contribution is 2.37.